The van der Waals surface area contributed by atoms with Gasteiger partial charge in [-0.2, -0.15) is 0 Å². The van der Waals surface area contributed by atoms with Crippen LogP contribution in [0.4, 0.5) is 0 Å². The van der Waals surface area contributed by atoms with E-state index in [1.165, 1.54) is 0 Å². The Bertz CT molecular complexity index is 961. The van der Waals surface area contributed by atoms with Crippen LogP contribution in [0.15, 0.2) is 54.9 Å². The fraction of sp³-hybridized carbons (Fsp3) is 0.278. The quantitative estimate of drug-likeness (QED) is 0.791. The van der Waals surface area contributed by atoms with Gasteiger partial charge in [0.15, 0.2) is 9.84 Å². The molecule has 1 saturated heterocycles. The molecule has 1 atom stereocenters. The number of nitrogens with zero attached hydrogens (tertiary/aromatic N) is 2. The summed E-state index contributed by atoms with van der Waals surface area (Å²) in [6.07, 6.45) is 2.54. The van der Waals surface area contributed by atoms with Crippen LogP contribution in [0.1, 0.15) is 12.0 Å². The molecule has 0 bridgehead atoms. The Hall–Kier alpha value is -2.18. The molecule has 1 aliphatic rings. The Morgan fingerprint density at radius 3 is 2.67 bits per heavy atom. The van der Waals surface area contributed by atoms with E-state index in [4.69, 9.17) is 0 Å². The van der Waals surface area contributed by atoms with Gasteiger partial charge in [-0.25, -0.2) is 13.4 Å². The normalized spacial score (nSPS) is 19.8. The molecule has 1 fully saturated rings. The summed E-state index contributed by atoms with van der Waals surface area (Å²) in [5.41, 5.74) is 4.27. The number of aromatic nitrogens is 2. The van der Waals surface area contributed by atoms with E-state index in [-0.39, 0.29) is 11.8 Å². The van der Waals surface area contributed by atoms with Crippen LogP contribution >= 0.6 is 0 Å². The molecule has 3 aromatic rings. The summed E-state index contributed by atoms with van der Waals surface area (Å²) in [5.74, 6) is 0.559. The molecule has 0 amide bonds. The van der Waals surface area contributed by atoms with Gasteiger partial charge in [0.2, 0.25) is 0 Å². The van der Waals surface area contributed by atoms with Gasteiger partial charge >= 0.3 is 0 Å². The molecule has 0 aliphatic carbocycles. The number of hydrogen-bond acceptors (Lipinski definition) is 4. The zero-order valence-electron chi connectivity index (χ0n) is 13.2. The minimum absolute atomic E-state index is 0.0762. The minimum atomic E-state index is -2.83. The summed E-state index contributed by atoms with van der Waals surface area (Å²) >= 11 is 0. The number of fused-ring (bicyclic) bond motifs is 1. The first kappa shape index (κ1) is 15.4. The summed E-state index contributed by atoms with van der Waals surface area (Å²) in [4.78, 5) is 4.41. The summed E-state index contributed by atoms with van der Waals surface area (Å²) in [6.45, 7) is 0.686. The summed E-state index contributed by atoms with van der Waals surface area (Å²) in [7, 11) is -2.83. The van der Waals surface area contributed by atoms with Gasteiger partial charge in [0.05, 0.1) is 22.5 Å². The highest BCUT2D eigenvalue weighted by Crippen LogP contribution is 2.18. The molecular weight excluding hydrogens is 322 g/mol. The molecule has 2 aromatic carbocycles. The first-order valence-electron chi connectivity index (χ1n) is 8.06. The van der Waals surface area contributed by atoms with E-state index in [1.54, 1.807) is 0 Å². The smallest absolute Gasteiger partial charge is 0.151 e. The van der Waals surface area contributed by atoms with Gasteiger partial charge in [0.25, 0.3) is 0 Å². The molecule has 0 unspecified atom stereocenters. The van der Waals surface area contributed by atoms with Crippen LogP contribution < -0.4 is 5.32 Å². The van der Waals surface area contributed by atoms with Gasteiger partial charge in [0.1, 0.15) is 6.33 Å². The largest absolute Gasteiger partial charge is 0.309 e. The van der Waals surface area contributed by atoms with E-state index < -0.39 is 9.84 Å². The fourth-order valence-corrected chi connectivity index (χ4v) is 4.87. The van der Waals surface area contributed by atoms with Gasteiger partial charge in [0, 0.05) is 18.3 Å². The Morgan fingerprint density at radius 2 is 1.92 bits per heavy atom. The molecule has 5 nitrogen and oxygen atoms in total. The molecule has 0 saturated carbocycles. The van der Waals surface area contributed by atoms with Crippen molar-refractivity contribution in [2.75, 3.05) is 11.5 Å². The topological polar surface area (TPSA) is 64.0 Å². The third-order valence-corrected chi connectivity index (χ3v) is 6.26. The average molecular weight is 341 g/mol. The van der Waals surface area contributed by atoms with Crippen molar-refractivity contribution in [3.8, 4) is 5.69 Å². The highest BCUT2D eigenvalue weighted by atomic mass is 32.2. The van der Waals surface area contributed by atoms with E-state index >= 15 is 0 Å². The van der Waals surface area contributed by atoms with E-state index in [0.717, 1.165) is 22.3 Å². The average Bonchev–Trinajstić information content (AvgIpc) is 3.16. The van der Waals surface area contributed by atoms with Crippen LogP contribution in [0.25, 0.3) is 16.7 Å². The molecule has 6 heteroatoms. The number of benzene rings is 2. The maximum Gasteiger partial charge on any atom is 0.151 e. The summed E-state index contributed by atoms with van der Waals surface area (Å²) in [5, 5.41) is 3.34. The van der Waals surface area contributed by atoms with E-state index in [0.29, 0.717) is 18.7 Å². The minimum Gasteiger partial charge on any atom is -0.309 e. The predicted molar refractivity (Wildman–Crippen MR) is 95.0 cm³/mol. The molecule has 124 valence electrons. The van der Waals surface area contributed by atoms with Gasteiger partial charge in [-0.15, -0.1) is 0 Å². The maximum absolute atomic E-state index is 11.5. The third kappa shape index (κ3) is 3.07. The summed E-state index contributed by atoms with van der Waals surface area (Å²) < 4.78 is 25.0. The number of imidazole rings is 1. The lowest BCUT2D eigenvalue weighted by Crippen LogP contribution is -2.29. The third-order valence-electron chi connectivity index (χ3n) is 4.50. The lowest BCUT2D eigenvalue weighted by Gasteiger charge is -2.11. The molecular formula is C18H19N3O2S. The first-order chi connectivity index (χ1) is 11.6. The maximum atomic E-state index is 11.5. The SMILES string of the molecule is O=S1(=O)CC[C@H](NCc2ccc(-n3cnc4ccccc43)cc2)C1. The van der Waals surface area contributed by atoms with Crippen molar-refractivity contribution in [2.24, 2.45) is 0 Å². The van der Waals surface area contributed by atoms with Crippen LogP contribution in [0.5, 0.6) is 0 Å². The van der Waals surface area contributed by atoms with E-state index in [1.807, 2.05) is 24.5 Å². The van der Waals surface area contributed by atoms with Crippen molar-refractivity contribution in [1.82, 2.24) is 14.9 Å². The number of para-hydroxylation sites is 2. The number of hydrogen-bond donors (Lipinski definition) is 1. The second kappa shape index (κ2) is 6.03. The highest BCUT2D eigenvalue weighted by Gasteiger charge is 2.27. The van der Waals surface area contributed by atoms with Crippen LogP contribution in [0.3, 0.4) is 0 Å². The van der Waals surface area contributed by atoms with Crippen molar-refractivity contribution in [2.45, 2.75) is 19.0 Å². The molecule has 0 radical (unpaired) electrons. The van der Waals surface area contributed by atoms with E-state index in [9.17, 15) is 8.42 Å². The van der Waals surface area contributed by atoms with Crippen LogP contribution in [-0.4, -0.2) is 35.5 Å². The Balaban J connectivity index is 1.47. The van der Waals surface area contributed by atoms with Crippen LogP contribution in [-0.2, 0) is 16.4 Å². The van der Waals surface area contributed by atoms with E-state index in [2.05, 4.69) is 45.2 Å². The molecule has 1 aliphatic heterocycles. The Morgan fingerprint density at radius 1 is 1.12 bits per heavy atom. The molecule has 2 heterocycles. The Labute approximate surface area is 141 Å². The van der Waals surface area contributed by atoms with Crippen molar-refractivity contribution < 1.29 is 8.42 Å². The lowest BCUT2D eigenvalue weighted by atomic mass is 10.2. The Kier molecular flexibility index (Phi) is 3.86. The van der Waals surface area contributed by atoms with Gasteiger partial charge < -0.3 is 5.32 Å². The van der Waals surface area contributed by atoms with Crippen molar-refractivity contribution in [3.63, 3.8) is 0 Å². The number of nitrogens with one attached hydrogen (secondary N) is 1. The van der Waals surface area contributed by atoms with Crippen molar-refractivity contribution in [1.29, 1.82) is 0 Å². The lowest BCUT2D eigenvalue weighted by molar-refractivity contribution is 0.554. The van der Waals surface area contributed by atoms with Gasteiger partial charge in [-0.05, 0) is 36.2 Å². The number of rotatable bonds is 4. The standard InChI is InChI=1S/C18H19N3O2S/c22-24(23)10-9-15(12-24)19-11-14-5-7-16(8-6-14)21-13-20-17-3-1-2-4-18(17)21/h1-8,13,15,19H,9-12H2/t15-/m0/s1. The molecule has 0 spiro atoms. The molecule has 24 heavy (non-hydrogen) atoms. The number of sulfone groups is 1. The van der Waals surface area contributed by atoms with Crippen LogP contribution in [0.2, 0.25) is 0 Å². The predicted octanol–water partition coefficient (Wildman–Crippen LogP) is 2.30. The zero-order chi connectivity index (χ0) is 16.6. The van der Waals surface area contributed by atoms with Gasteiger partial charge in [-0.3, -0.25) is 4.57 Å². The van der Waals surface area contributed by atoms with Crippen molar-refractivity contribution in [3.05, 3.63) is 60.4 Å². The monoisotopic (exact) mass is 341 g/mol. The molecule has 1 aromatic heterocycles. The van der Waals surface area contributed by atoms with Crippen molar-refractivity contribution >= 4 is 20.9 Å². The first-order valence-corrected chi connectivity index (χ1v) is 9.88. The second-order valence-electron chi connectivity index (χ2n) is 6.25. The fourth-order valence-electron chi connectivity index (χ4n) is 3.16. The van der Waals surface area contributed by atoms with Crippen LogP contribution in [0, 0.1) is 0 Å². The highest BCUT2D eigenvalue weighted by molar-refractivity contribution is 7.91. The molecule has 4 rings (SSSR count). The van der Waals surface area contributed by atoms with Gasteiger partial charge in [-0.1, -0.05) is 24.3 Å². The zero-order valence-corrected chi connectivity index (χ0v) is 14.0. The summed E-state index contributed by atoms with van der Waals surface area (Å²) in [6, 6.07) is 16.4. The molecule has 1 N–H and O–H groups in total. The second-order valence-corrected chi connectivity index (χ2v) is 8.48.